The number of carbonyl (C=O) groups is 1. The second kappa shape index (κ2) is 5.58. The number of aryl methyl sites for hydroxylation is 1. The van der Waals surface area contributed by atoms with Crippen molar-refractivity contribution in [1.29, 1.82) is 5.26 Å². The molecule has 0 radical (unpaired) electrons. The fourth-order valence-corrected chi connectivity index (χ4v) is 1.14. The van der Waals surface area contributed by atoms with E-state index in [1.54, 1.807) is 12.1 Å². The van der Waals surface area contributed by atoms with Gasteiger partial charge in [0.15, 0.2) is 0 Å². The van der Waals surface area contributed by atoms with E-state index in [9.17, 15) is 4.79 Å². The molecule has 0 N–H and O–H groups in total. The Labute approximate surface area is 94.7 Å². The van der Waals surface area contributed by atoms with Gasteiger partial charge in [0, 0.05) is 5.56 Å². The third-order valence-electron chi connectivity index (χ3n) is 1.98. The summed E-state index contributed by atoms with van der Waals surface area (Å²) in [7, 11) is 1.32. The summed E-state index contributed by atoms with van der Waals surface area (Å²) in [5, 5.41) is 8.89. The first kappa shape index (κ1) is 11.8. The number of nitrogens with zero attached hydrogens (tertiary/aromatic N) is 1. The summed E-state index contributed by atoms with van der Waals surface area (Å²) in [6.07, 6.45) is 0.0369. The molecule has 0 bridgehead atoms. The van der Waals surface area contributed by atoms with Crippen LogP contribution >= 0.6 is 0 Å². The molecule has 0 aliphatic heterocycles. The molecule has 0 heterocycles. The average molecular weight is 213 g/mol. The predicted octanol–water partition coefficient (Wildman–Crippen LogP) is 1.78. The lowest BCUT2D eigenvalue weighted by atomic mass is 10.1. The molecule has 0 aliphatic carbocycles. The highest BCUT2D eigenvalue weighted by atomic mass is 16.5. The van der Waals surface area contributed by atoms with Gasteiger partial charge < -0.3 is 4.74 Å². The van der Waals surface area contributed by atoms with Crippen LogP contribution < -0.4 is 0 Å². The Balaban J connectivity index is 2.89. The van der Waals surface area contributed by atoms with Crippen molar-refractivity contribution in [3.8, 4) is 17.9 Å². The van der Waals surface area contributed by atoms with Crippen LogP contribution in [0, 0.1) is 30.1 Å². The number of carbonyl (C=O) groups excluding carboxylic acids is 1. The molecule has 0 saturated carbocycles. The number of esters is 1. The largest absolute Gasteiger partial charge is 0.468 e. The number of nitriles is 1. The lowest BCUT2D eigenvalue weighted by Crippen LogP contribution is -1.97. The fourth-order valence-electron chi connectivity index (χ4n) is 1.14. The van der Waals surface area contributed by atoms with Crippen molar-refractivity contribution in [1.82, 2.24) is 0 Å². The summed E-state index contributed by atoms with van der Waals surface area (Å²) in [4.78, 5) is 10.8. The molecule has 0 aliphatic rings. The number of benzene rings is 1. The number of methoxy groups -OCH3 is 1. The summed E-state index contributed by atoms with van der Waals surface area (Å²) in [6, 6.07) is 7.49. The monoisotopic (exact) mass is 213 g/mol. The van der Waals surface area contributed by atoms with Crippen molar-refractivity contribution in [3.63, 3.8) is 0 Å². The zero-order valence-corrected chi connectivity index (χ0v) is 9.20. The van der Waals surface area contributed by atoms with Gasteiger partial charge in [-0.2, -0.15) is 5.26 Å². The van der Waals surface area contributed by atoms with Crippen LogP contribution in [0.2, 0.25) is 0 Å². The molecule has 0 unspecified atom stereocenters. The zero-order chi connectivity index (χ0) is 12.0. The molecule has 1 aromatic carbocycles. The maximum absolute atomic E-state index is 10.8. The van der Waals surface area contributed by atoms with Gasteiger partial charge in [0.25, 0.3) is 0 Å². The Kier molecular flexibility index (Phi) is 4.12. The molecule has 0 aromatic heterocycles. The van der Waals surface area contributed by atoms with Gasteiger partial charge in [0.1, 0.15) is 12.5 Å². The van der Waals surface area contributed by atoms with Crippen molar-refractivity contribution in [3.05, 3.63) is 34.9 Å². The van der Waals surface area contributed by atoms with Crippen LogP contribution in [-0.2, 0) is 9.53 Å². The first-order valence-corrected chi connectivity index (χ1v) is 4.74. The highest BCUT2D eigenvalue weighted by Crippen LogP contribution is 2.09. The van der Waals surface area contributed by atoms with Crippen LogP contribution in [0.4, 0.5) is 0 Å². The standard InChI is InChI=1S/C13H11NO2/c1-10-6-7-11(12(8-10)9-14)4-3-5-13(15)16-2/h6-8H,5H2,1-2H3. The SMILES string of the molecule is COC(=O)CC#Cc1ccc(C)cc1C#N. The molecule has 1 rings (SSSR count). The van der Waals surface area contributed by atoms with Gasteiger partial charge >= 0.3 is 5.97 Å². The second-order valence-electron chi connectivity index (χ2n) is 3.22. The minimum atomic E-state index is -0.377. The Morgan fingerprint density at radius 3 is 2.81 bits per heavy atom. The van der Waals surface area contributed by atoms with Crippen LogP contribution in [0.25, 0.3) is 0 Å². The molecule has 16 heavy (non-hydrogen) atoms. The maximum Gasteiger partial charge on any atom is 0.317 e. The highest BCUT2D eigenvalue weighted by molar-refractivity contribution is 5.72. The summed E-state index contributed by atoms with van der Waals surface area (Å²) < 4.78 is 4.46. The number of rotatable bonds is 1. The van der Waals surface area contributed by atoms with Gasteiger partial charge in [-0.15, -0.1) is 0 Å². The van der Waals surface area contributed by atoms with Crippen LogP contribution in [0.15, 0.2) is 18.2 Å². The quantitative estimate of drug-likeness (QED) is 0.527. The molecule has 0 fully saturated rings. The van der Waals surface area contributed by atoms with Gasteiger partial charge in [0.2, 0.25) is 0 Å². The van der Waals surface area contributed by atoms with Gasteiger partial charge in [-0.1, -0.05) is 17.9 Å². The topological polar surface area (TPSA) is 50.1 Å². The first-order valence-electron chi connectivity index (χ1n) is 4.74. The molecule has 80 valence electrons. The van der Waals surface area contributed by atoms with Crippen LogP contribution in [-0.4, -0.2) is 13.1 Å². The number of hydrogen-bond donors (Lipinski definition) is 0. The Bertz CT molecular complexity index is 501. The van der Waals surface area contributed by atoms with E-state index in [1.807, 2.05) is 13.0 Å². The molecule has 3 heteroatoms. The minimum absolute atomic E-state index is 0.0369. The first-order chi connectivity index (χ1) is 7.67. The molecule has 3 nitrogen and oxygen atoms in total. The second-order valence-corrected chi connectivity index (χ2v) is 3.22. The van der Waals surface area contributed by atoms with Gasteiger partial charge in [0.05, 0.1) is 12.7 Å². The van der Waals surface area contributed by atoms with Crippen LogP contribution in [0.3, 0.4) is 0 Å². The van der Waals surface area contributed by atoms with Crippen molar-refractivity contribution < 1.29 is 9.53 Å². The smallest absolute Gasteiger partial charge is 0.317 e. The van der Waals surface area contributed by atoms with E-state index in [-0.39, 0.29) is 12.4 Å². The number of ether oxygens (including phenoxy) is 1. The van der Waals surface area contributed by atoms with E-state index in [2.05, 4.69) is 22.6 Å². The summed E-state index contributed by atoms with van der Waals surface area (Å²) in [5.74, 6) is 5.08. The highest BCUT2D eigenvalue weighted by Gasteiger charge is 1.99. The summed E-state index contributed by atoms with van der Waals surface area (Å²) in [6.45, 7) is 1.91. The third kappa shape index (κ3) is 3.15. The van der Waals surface area contributed by atoms with Crippen LogP contribution in [0.5, 0.6) is 0 Å². The number of hydrogen-bond acceptors (Lipinski definition) is 3. The minimum Gasteiger partial charge on any atom is -0.468 e. The van der Waals surface area contributed by atoms with Gasteiger partial charge in [-0.05, 0) is 24.6 Å². The normalized spacial score (nSPS) is 8.56. The fraction of sp³-hybridized carbons (Fsp3) is 0.231. The molecule has 0 atom stereocenters. The summed E-state index contributed by atoms with van der Waals surface area (Å²) >= 11 is 0. The molecular formula is C13H11NO2. The van der Waals surface area contributed by atoms with Crippen molar-refractivity contribution in [2.75, 3.05) is 7.11 Å². The Morgan fingerprint density at radius 1 is 1.44 bits per heavy atom. The average Bonchev–Trinajstić information content (AvgIpc) is 2.30. The van der Waals surface area contributed by atoms with Gasteiger partial charge in [-0.25, -0.2) is 0 Å². The van der Waals surface area contributed by atoms with E-state index in [0.717, 1.165) is 5.56 Å². The molecule has 0 spiro atoms. The molecule has 0 saturated heterocycles. The Morgan fingerprint density at radius 2 is 2.19 bits per heavy atom. The summed E-state index contributed by atoms with van der Waals surface area (Å²) in [5.41, 5.74) is 2.17. The van der Waals surface area contributed by atoms with Crippen molar-refractivity contribution in [2.45, 2.75) is 13.3 Å². The lowest BCUT2D eigenvalue weighted by Gasteiger charge is -1.96. The van der Waals surface area contributed by atoms with E-state index in [1.165, 1.54) is 7.11 Å². The molecular weight excluding hydrogens is 202 g/mol. The van der Waals surface area contributed by atoms with Crippen LogP contribution in [0.1, 0.15) is 23.1 Å². The Hall–Kier alpha value is -2.26. The zero-order valence-electron chi connectivity index (χ0n) is 9.20. The van der Waals surface area contributed by atoms with E-state index < -0.39 is 0 Å². The molecule has 0 amide bonds. The van der Waals surface area contributed by atoms with Crippen molar-refractivity contribution >= 4 is 5.97 Å². The van der Waals surface area contributed by atoms with Crippen molar-refractivity contribution in [2.24, 2.45) is 0 Å². The lowest BCUT2D eigenvalue weighted by molar-refractivity contribution is -0.139. The van der Waals surface area contributed by atoms with E-state index in [0.29, 0.717) is 11.1 Å². The van der Waals surface area contributed by atoms with Gasteiger partial charge in [-0.3, -0.25) is 4.79 Å². The maximum atomic E-state index is 10.8. The van der Waals surface area contributed by atoms with E-state index >= 15 is 0 Å². The predicted molar refractivity (Wildman–Crippen MR) is 59.4 cm³/mol. The third-order valence-corrected chi connectivity index (χ3v) is 1.98. The molecule has 1 aromatic rings. The van der Waals surface area contributed by atoms with E-state index in [4.69, 9.17) is 5.26 Å².